The van der Waals surface area contributed by atoms with Crippen molar-refractivity contribution in [2.24, 2.45) is 5.41 Å². The molecule has 0 aliphatic heterocycles. The van der Waals surface area contributed by atoms with Crippen LogP contribution < -0.4 is 0 Å². The summed E-state index contributed by atoms with van der Waals surface area (Å²) in [5, 5.41) is 8.56. The Morgan fingerprint density at radius 2 is 2.00 bits per heavy atom. The first kappa shape index (κ1) is 12.6. The van der Waals surface area contributed by atoms with E-state index >= 15 is 0 Å². The highest BCUT2D eigenvalue weighted by molar-refractivity contribution is 5.07. The van der Waals surface area contributed by atoms with Gasteiger partial charge in [-0.1, -0.05) is 26.7 Å². The summed E-state index contributed by atoms with van der Waals surface area (Å²) in [5.74, 6) is 1.74. The first-order valence-electron chi connectivity index (χ1n) is 6.73. The Morgan fingerprint density at radius 3 is 2.59 bits per heavy atom. The number of aromatic nitrogens is 3. The fourth-order valence-corrected chi connectivity index (χ4v) is 2.97. The highest BCUT2D eigenvalue weighted by Gasteiger charge is 2.37. The molecule has 0 spiro atoms. The third-order valence-electron chi connectivity index (χ3n) is 4.12. The van der Waals surface area contributed by atoms with Crippen molar-refractivity contribution in [3.63, 3.8) is 0 Å². The van der Waals surface area contributed by atoms with Gasteiger partial charge in [-0.2, -0.15) is 0 Å². The van der Waals surface area contributed by atoms with E-state index in [0.717, 1.165) is 0 Å². The van der Waals surface area contributed by atoms with Gasteiger partial charge in [0.1, 0.15) is 12.2 Å². The Balaban J connectivity index is 2.37. The van der Waals surface area contributed by atoms with Crippen LogP contribution in [-0.2, 0) is 5.54 Å². The summed E-state index contributed by atoms with van der Waals surface area (Å²) in [5.41, 5.74) is 0.431. The van der Waals surface area contributed by atoms with Crippen LogP contribution in [0.25, 0.3) is 0 Å². The Hall–Kier alpha value is -0.860. The van der Waals surface area contributed by atoms with Crippen LogP contribution in [0.5, 0.6) is 0 Å². The van der Waals surface area contributed by atoms with E-state index < -0.39 is 0 Å². The van der Waals surface area contributed by atoms with E-state index in [9.17, 15) is 0 Å². The first-order valence-corrected chi connectivity index (χ1v) is 6.73. The van der Waals surface area contributed by atoms with Gasteiger partial charge in [0.25, 0.3) is 0 Å². The average Bonchev–Trinajstić information content (AvgIpc) is 2.64. The molecule has 0 N–H and O–H groups in total. The van der Waals surface area contributed by atoms with Crippen molar-refractivity contribution in [2.45, 2.75) is 71.8 Å². The SMILES string of the molecule is CC1(C)CCCCC1c1nncn1C(C)(C)C. The van der Waals surface area contributed by atoms with E-state index in [0.29, 0.717) is 11.3 Å². The maximum Gasteiger partial charge on any atom is 0.136 e. The molecule has 1 aliphatic rings. The molecule has 1 atom stereocenters. The molecular formula is C14H25N3. The zero-order valence-electron chi connectivity index (χ0n) is 11.8. The molecular weight excluding hydrogens is 210 g/mol. The maximum atomic E-state index is 4.41. The predicted molar refractivity (Wildman–Crippen MR) is 70.0 cm³/mol. The van der Waals surface area contributed by atoms with Crippen LogP contribution in [-0.4, -0.2) is 14.8 Å². The van der Waals surface area contributed by atoms with Crippen molar-refractivity contribution in [3.8, 4) is 0 Å². The molecule has 3 nitrogen and oxygen atoms in total. The molecule has 1 saturated carbocycles. The summed E-state index contributed by atoms with van der Waals surface area (Å²) in [4.78, 5) is 0. The lowest BCUT2D eigenvalue weighted by Gasteiger charge is -2.39. The third kappa shape index (κ3) is 2.38. The van der Waals surface area contributed by atoms with E-state index in [1.807, 2.05) is 6.33 Å². The van der Waals surface area contributed by atoms with Gasteiger partial charge in [-0.05, 0) is 39.0 Å². The summed E-state index contributed by atoms with van der Waals surface area (Å²) in [6.45, 7) is 11.4. The van der Waals surface area contributed by atoms with Gasteiger partial charge in [0, 0.05) is 11.5 Å². The number of nitrogens with zero attached hydrogens (tertiary/aromatic N) is 3. The van der Waals surface area contributed by atoms with E-state index in [4.69, 9.17) is 0 Å². The predicted octanol–water partition coefficient (Wildman–Crippen LogP) is 3.72. The second-order valence-corrected chi connectivity index (χ2v) is 7.02. The fraction of sp³-hybridized carbons (Fsp3) is 0.857. The van der Waals surface area contributed by atoms with Gasteiger partial charge in [-0.15, -0.1) is 10.2 Å². The topological polar surface area (TPSA) is 30.7 Å². The van der Waals surface area contributed by atoms with Crippen LogP contribution in [0.4, 0.5) is 0 Å². The fourth-order valence-electron chi connectivity index (χ4n) is 2.97. The van der Waals surface area contributed by atoms with Crippen LogP contribution in [0.15, 0.2) is 6.33 Å². The molecule has 3 heteroatoms. The molecule has 0 aromatic carbocycles. The summed E-state index contributed by atoms with van der Waals surface area (Å²) in [6.07, 6.45) is 7.12. The molecule has 1 heterocycles. The lowest BCUT2D eigenvalue weighted by molar-refractivity contribution is 0.182. The second-order valence-electron chi connectivity index (χ2n) is 7.02. The quantitative estimate of drug-likeness (QED) is 0.742. The second kappa shape index (κ2) is 4.11. The lowest BCUT2D eigenvalue weighted by atomic mass is 9.68. The standard InChI is InChI=1S/C14H25N3/c1-13(2,3)17-10-15-16-12(17)11-8-6-7-9-14(11,4)5/h10-11H,6-9H2,1-5H3. The van der Waals surface area contributed by atoms with Crippen LogP contribution in [0.1, 0.15) is 72.0 Å². The van der Waals surface area contributed by atoms with Gasteiger partial charge >= 0.3 is 0 Å². The molecule has 0 saturated heterocycles. The molecule has 1 fully saturated rings. The highest BCUT2D eigenvalue weighted by atomic mass is 15.3. The summed E-state index contributed by atoms with van der Waals surface area (Å²) < 4.78 is 2.25. The van der Waals surface area contributed by atoms with Crippen LogP contribution in [0, 0.1) is 5.41 Å². The summed E-state index contributed by atoms with van der Waals surface area (Å²) in [6, 6.07) is 0. The van der Waals surface area contributed by atoms with Crippen molar-refractivity contribution < 1.29 is 0 Å². The highest BCUT2D eigenvalue weighted by Crippen LogP contribution is 2.46. The first-order chi connectivity index (χ1) is 7.82. The largest absolute Gasteiger partial charge is 0.312 e. The van der Waals surface area contributed by atoms with Crippen LogP contribution in [0.3, 0.4) is 0 Å². The normalized spacial score (nSPS) is 24.9. The molecule has 17 heavy (non-hydrogen) atoms. The third-order valence-corrected chi connectivity index (χ3v) is 4.12. The van der Waals surface area contributed by atoms with Gasteiger partial charge in [-0.25, -0.2) is 0 Å². The van der Waals surface area contributed by atoms with E-state index in [1.54, 1.807) is 0 Å². The zero-order chi connectivity index (χ0) is 12.7. The molecule has 2 rings (SSSR count). The van der Waals surface area contributed by atoms with Crippen LogP contribution >= 0.6 is 0 Å². The Labute approximate surface area is 105 Å². The molecule has 1 aliphatic carbocycles. The molecule has 0 bridgehead atoms. The monoisotopic (exact) mass is 235 g/mol. The molecule has 1 aromatic heterocycles. The van der Waals surface area contributed by atoms with Gasteiger partial charge in [0.15, 0.2) is 0 Å². The number of hydrogen-bond donors (Lipinski definition) is 0. The van der Waals surface area contributed by atoms with E-state index in [-0.39, 0.29) is 5.54 Å². The van der Waals surface area contributed by atoms with Crippen molar-refractivity contribution in [2.75, 3.05) is 0 Å². The lowest BCUT2D eigenvalue weighted by Crippen LogP contribution is -2.32. The number of rotatable bonds is 1. The van der Waals surface area contributed by atoms with Crippen molar-refractivity contribution in [1.29, 1.82) is 0 Å². The van der Waals surface area contributed by atoms with Gasteiger partial charge in [-0.3, -0.25) is 0 Å². The minimum Gasteiger partial charge on any atom is -0.312 e. The van der Waals surface area contributed by atoms with Crippen molar-refractivity contribution in [1.82, 2.24) is 14.8 Å². The molecule has 0 amide bonds. The maximum absolute atomic E-state index is 4.41. The Kier molecular flexibility index (Phi) is 3.04. The van der Waals surface area contributed by atoms with E-state index in [1.165, 1.54) is 31.5 Å². The molecule has 1 aromatic rings. The van der Waals surface area contributed by atoms with Gasteiger partial charge < -0.3 is 4.57 Å². The number of hydrogen-bond acceptors (Lipinski definition) is 2. The Morgan fingerprint density at radius 1 is 1.29 bits per heavy atom. The minimum absolute atomic E-state index is 0.0758. The van der Waals surface area contributed by atoms with E-state index in [2.05, 4.69) is 49.4 Å². The average molecular weight is 235 g/mol. The van der Waals surface area contributed by atoms with Gasteiger partial charge in [0.05, 0.1) is 0 Å². The smallest absolute Gasteiger partial charge is 0.136 e. The van der Waals surface area contributed by atoms with Crippen LogP contribution in [0.2, 0.25) is 0 Å². The zero-order valence-corrected chi connectivity index (χ0v) is 11.8. The molecule has 96 valence electrons. The summed E-state index contributed by atoms with van der Waals surface area (Å²) in [7, 11) is 0. The minimum atomic E-state index is 0.0758. The van der Waals surface area contributed by atoms with Gasteiger partial charge in [0.2, 0.25) is 0 Å². The summed E-state index contributed by atoms with van der Waals surface area (Å²) >= 11 is 0. The van der Waals surface area contributed by atoms with Crippen molar-refractivity contribution >= 4 is 0 Å². The molecule has 0 radical (unpaired) electrons. The molecule has 1 unspecified atom stereocenters. The van der Waals surface area contributed by atoms with Crippen molar-refractivity contribution in [3.05, 3.63) is 12.2 Å². The Bertz CT molecular complexity index is 384.